The van der Waals surface area contributed by atoms with Gasteiger partial charge in [0.25, 0.3) is 0 Å². The van der Waals surface area contributed by atoms with Crippen molar-refractivity contribution in [3.63, 3.8) is 0 Å². The van der Waals surface area contributed by atoms with Gasteiger partial charge in [-0.15, -0.1) is 0 Å². The van der Waals surface area contributed by atoms with Gasteiger partial charge in [-0.05, 0) is 0 Å². The number of hydrogen-bond donors (Lipinski definition) is 2. The SMILES string of the molecule is NB=[PH](N)I. The van der Waals surface area contributed by atoms with E-state index in [9.17, 15) is 0 Å². The van der Waals surface area contributed by atoms with Crippen molar-refractivity contribution in [2.45, 2.75) is 0 Å². The molecule has 1 unspecified atom stereocenters. The fourth-order valence-corrected chi connectivity index (χ4v) is 0. The van der Waals surface area contributed by atoms with Crippen LogP contribution < -0.4 is 11.1 Å². The molecule has 0 aliphatic carbocycles. The van der Waals surface area contributed by atoms with Gasteiger partial charge >= 0.3 is 45.1 Å². The molecule has 30 valence electrons. The Hall–Kier alpha value is 1.14. The molecule has 2 nitrogen and oxygen atoms in total. The molecule has 0 aromatic heterocycles. The summed E-state index contributed by atoms with van der Waals surface area (Å²) in [5.74, 6) is 0. The van der Waals surface area contributed by atoms with Gasteiger partial charge in [-0.25, -0.2) is 0 Å². The van der Waals surface area contributed by atoms with E-state index in [1.165, 1.54) is 6.75 Å². The van der Waals surface area contributed by atoms with E-state index >= 15 is 0 Å². The molecule has 0 saturated heterocycles. The summed E-state index contributed by atoms with van der Waals surface area (Å²) in [6.07, 6.45) is 0. The predicted molar refractivity (Wildman–Crippen MR) is 36.5 cm³/mol. The van der Waals surface area contributed by atoms with Gasteiger partial charge in [0.05, 0.1) is 0 Å². The quantitative estimate of drug-likeness (QED) is 0.327. The van der Waals surface area contributed by atoms with E-state index in [-0.39, 0.29) is 0 Å². The Morgan fingerprint density at radius 2 is 2.00 bits per heavy atom. The second-order valence-corrected chi connectivity index (χ2v) is 5.39. The van der Waals surface area contributed by atoms with Gasteiger partial charge in [0.2, 0.25) is 0 Å². The third-order valence-electron chi connectivity index (χ3n) is 0.159. The third-order valence-corrected chi connectivity index (χ3v) is 1.56. The Balaban J connectivity index is 3.14. The maximum absolute atomic E-state index is 5.20. The molecule has 5 heteroatoms. The van der Waals surface area contributed by atoms with E-state index in [0.717, 1.165) is 0 Å². The molecule has 4 N–H and O–H groups in total. The first-order chi connectivity index (χ1) is 2.27. The van der Waals surface area contributed by atoms with Crippen LogP contribution >= 0.6 is 27.2 Å². The Kier molecular flexibility index (Phi) is 4.10. The fraction of sp³-hybridized carbons (Fsp3) is 0. The standard InChI is InChI=1S/BH5IN2P/c2-5(4)1-3/h5H,3-4H2. The van der Waals surface area contributed by atoms with Crippen molar-refractivity contribution in [2.75, 3.05) is 0 Å². The minimum absolute atomic E-state index is 0.751. The summed E-state index contributed by atoms with van der Waals surface area (Å²) in [6, 6.07) is 0. The molecular formula is H5BIN2P. The number of rotatable bonds is 0. The first kappa shape index (κ1) is 6.14. The molecule has 0 saturated carbocycles. The molecule has 0 fully saturated rings. The van der Waals surface area contributed by atoms with Gasteiger partial charge in [0, 0.05) is 0 Å². The molecule has 0 aromatic carbocycles. The molecule has 1 atom stereocenters. The van der Waals surface area contributed by atoms with Gasteiger partial charge in [-0.1, -0.05) is 0 Å². The molecule has 0 bridgehead atoms. The zero-order chi connectivity index (χ0) is 4.28. The van der Waals surface area contributed by atoms with Crippen LogP contribution in [0.3, 0.4) is 0 Å². The number of hydrogen-bond acceptors (Lipinski definition) is 1. The van der Waals surface area contributed by atoms with Crippen molar-refractivity contribution in [3.8, 4) is 0 Å². The van der Waals surface area contributed by atoms with Gasteiger partial charge in [0.1, 0.15) is 0 Å². The van der Waals surface area contributed by atoms with E-state index < -0.39 is 5.21 Å². The van der Waals surface area contributed by atoms with Crippen LogP contribution in [-0.2, 0) is 0 Å². The van der Waals surface area contributed by atoms with E-state index in [1.807, 2.05) is 0 Å². The average Bonchev–Trinajstić information content (AvgIpc) is 1.38. The van der Waals surface area contributed by atoms with E-state index in [0.29, 0.717) is 0 Å². The average molecular weight is 202 g/mol. The summed E-state index contributed by atoms with van der Waals surface area (Å²) < 4.78 is 0. The molecule has 0 rings (SSSR count). The first-order valence-electron chi connectivity index (χ1n) is 1.10. The van der Waals surface area contributed by atoms with Gasteiger partial charge in [-0.3, -0.25) is 0 Å². The maximum atomic E-state index is 5.20. The molecule has 0 amide bonds. The van der Waals surface area contributed by atoms with Gasteiger partial charge in [0.15, 0.2) is 0 Å². The zero-order valence-corrected chi connectivity index (χ0v) is 5.77. The molecule has 5 heavy (non-hydrogen) atoms. The Morgan fingerprint density at radius 3 is 2.00 bits per heavy atom. The van der Waals surface area contributed by atoms with Gasteiger partial charge < -0.3 is 0 Å². The van der Waals surface area contributed by atoms with Crippen molar-refractivity contribution < 1.29 is 0 Å². The van der Waals surface area contributed by atoms with Crippen LogP contribution in [0.2, 0.25) is 0 Å². The monoisotopic (exact) mass is 202 g/mol. The van der Waals surface area contributed by atoms with Crippen LogP contribution in [0, 0.1) is 0 Å². The zero-order valence-electron chi connectivity index (χ0n) is 2.61. The topological polar surface area (TPSA) is 52.0 Å². The van der Waals surface area contributed by atoms with E-state index in [2.05, 4.69) is 22.0 Å². The number of nitrogens with two attached hydrogens (primary N) is 2. The van der Waals surface area contributed by atoms with Crippen LogP contribution in [0.25, 0.3) is 0 Å². The summed E-state index contributed by atoms with van der Waals surface area (Å²) in [6.45, 7) is 1.53. The second kappa shape index (κ2) is 3.34. The van der Waals surface area contributed by atoms with Crippen LogP contribution in [0.1, 0.15) is 0 Å². The molecule has 0 aromatic rings. The molecule has 0 spiro atoms. The molecule has 0 aliphatic rings. The van der Waals surface area contributed by atoms with Crippen molar-refractivity contribution in [1.82, 2.24) is 0 Å². The fourth-order valence-electron chi connectivity index (χ4n) is 0. The summed E-state index contributed by atoms with van der Waals surface area (Å²) in [4.78, 5) is 0. The Bertz CT molecular complexity index is 47.6. The van der Waals surface area contributed by atoms with Gasteiger partial charge in [-0.2, -0.15) is 0 Å². The van der Waals surface area contributed by atoms with Crippen LogP contribution in [0.5, 0.6) is 0 Å². The molecule has 0 heterocycles. The predicted octanol–water partition coefficient (Wildman–Crippen LogP) is -0.0828. The van der Waals surface area contributed by atoms with E-state index in [1.54, 1.807) is 0 Å². The first-order valence-corrected chi connectivity index (χ1v) is 5.87. The van der Waals surface area contributed by atoms with Crippen LogP contribution in [0.15, 0.2) is 0 Å². The van der Waals surface area contributed by atoms with Crippen molar-refractivity contribution >= 4 is 34.0 Å². The van der Waals surface area contributed by atoms with Crippen LogP contribution in [0.4, 0.5) is 0 Å². The minimum atomic E-state index is -0.751. The Labute approximate surface area is 45.4 Å². The molecular weight excluding hydrogens is 197 g/mol. The Morgan fingerprint density at radius 1 is 1.80 bits per heavy atom. The summed E-state index contributed by atoms with van der Waals surface area (Å²) in [5, 5.41) is -0.751. The molecule has 0 aliphatic heterocycles. The van der Waals surface area contributed by atoms with E-state index in [4.69, 9.17) is 11.1 Å². The van der Waals surface area contributed by atoms with Crippen molar-refractivity contribution in [2.24, 2.45) is 11.1 Å². The van der Waals surface area contributed by atoms with Crippen molar-refractivity contribution in [3.05, 3.63) is 0 Å². The van der Waals surface area contributed by atoms with Crippen LogP contribution in [-0.4, -0.2) is 6.75 Å². The van der Waals surface area contributed by atoms with Crippen molar-refractivity contribution in [1.29, 1.82) is 0 Å². The third kappa shape index (κ3) is 5.14. The normalized spacial score (nSPS) is 14.2. The summed E-state index contributed by atoms with van der Waals surface area (Å²) >= 11 is 2.11. The number of halogens is 1. The summed E-state index contributed by atoms with van der Waals surface area (Å²) in [7, 11) is 0. The summed E-state index contributed by atoms with van der Waals surface area (Å²) in [5.41, 5.74) is 10.2. The molecule has 0 radical (unpaired) electrons. The second-order valence-electron chi connectivity index (χ2n) is 0.552.